The number of likely N-dealkylation sites (tertiary alicyclic amines) is 2. The smallest absolute Gasteiger partial charge is 0.225 e. The van der Waals surface area contributed by atoms with Crippen LogP contribution < -0.4 is 0 Å². The fourth-order valence-corrected chi connectivity index (χ4v) is 2.42. The first-order valence-corrected chi connectivity index (χ1v) is 5.94. The molecule has 1 amide bonds. The summed E-state index contributed by atoms with van der Waals surface area (Å²) in [4.78, 5) is 15.9. The molecule has 2 aliphatic heterocycles. The molecule has 1 unspecified atom stereocenters. The number of nitrogens with zero attached hydrogens (tertiary/aromatic N) is 2. The molecular weight excluding hydrogens is 188 g/mol. The Kier molecular flexibility index (Phi) is 3.41. The van der Waals surface area contributed by atoms with Crippen molar-refractivity contribution in [1.82, 2.24) is 9.80 Å². The topological polar surface area (TPSA) is 23.6 Å². The zero-order chi connectivity index (χ0) is 10.7. The highest BCUT2D eigenvalue weighted by molar-refractivity contribution is 5.82. The largest absolute Gasteiger partial charge is 0.326 e. The van der Waals surface area contributed by atoms with Crippen LogP contribution in [0.3, 0.4) is 0 Å². The van der Waals surface area contributed by atoms with Crippen LogP contribution in [0.5, 0.6) is 0 Å². The van der Waals surface area contributed by atoms with Gasteiger partial charge in [0.25, 0.3) is 0 Å². The van der Waals surface area contributed by atoms with Gasteiger partial charge in [-0.25, -0.2) is 0 Å². The Morgan fingerprint density at radius 3 is 2.73 bits per heavy atom. The Morgan fingerprint density at radius 2 is 2.13 bits per heavy atom. The zero-order valence-electron chi connectivity index (χ0n) is 9.32. The summed E-state index contributed by atoms with van der Waals surface area (Å²) < 4.78 is 0. The van der Waals surface area contributed by atoms with E-state index in [0.29, 0.717) is 11.9 Å². The van der Waals surface area contributed by atoms with Gasteiger partial charge in [-0.3, -0.25) is 9.69 Å². The molecule has 2 fully saturated rings. The van der Waals surface area contributed by atoms with E-state index in [1.165, 1.54) is 12.8 Å². The fraction of sp³-hybridized carbons (Fsp3) is 0.750. The number of hydrogen-bond acceptors (Lipinski definition) is 2. The number of allylic oxidation sites excluding steroid dienone is 1. The molecule has 0 aliphatic carbocycles. The molecule has 0 aromatic rings. The zero-order valence-corrected chi connectivity index (χ0v) is 9.32. The minimum Gasteiger partial charge on any atom is -0.326 e. The summed E-state index contributed by atoms with van der Waals surface area (Å²) >= 11 is 0. The summed E-state index contributed by atoms with van der Waals surface area (Å²) in [6, 6.07) is 0.482. The third-order valence-corrected chi connectivity index (χ3v) is 3.43. The predicted molar refractivity (Wildman–Crippen MR) is 60.4 cm³/mol. The third kappa shape index (κ3) is 2.40. The number of amides is 1. The molecule has 2 saturated heterocycles. The number of rotatable bonds is 5. The Morgan fingerprint density at radius 1 is 1.40 bits per heavy atom. The second kappa shape index (κ2) is 4.79. The van der Waals surface area contributed by atoms with Crippen molar-refractivity contribution in [3.63, 3.8) is 0 Å². The van der Waals surface area contributed by atoms with Gasteiger partial charge >= 0.3 is 0 Å². The van der Waals surface area contributed by atoms with Gasteiger partial charge in [-0.15, -0.1) is 6.58 Å². The maximum Gasteiger partial charge on any atom is 0.225 e. The van der Waals surface area contributed by atoms with Crippen molar-refractivity contribution in [2.75, 3.05) is 19.8 Å². The van der Waals surface area contributed by atoms with Crippen molar-refractivity contribution in [2.24, 2.45) is 0 Å². The molecular formula is C12H20N2O. The van der Waals surface area contributed by atoms with Crippen LogP contribution in [-0.2, 0) is 4.79 Å². The van der Waals surface area contributed by atoms with Crippen LogP contribution in [0, 0.1) is 0 Å². The summed E-state index contributed by atoms with van der Waals surface area (Å²) in [5.41, 5.74) is 0. The van der Waals surface area contributed by atoms with E-state index in [2.05, 4.69) is 11.5 Å². The van der Waals surface area contributed by atoms with Crippen molar-refractivity contribution in [2.45, 2.75) is 38.1 Å². The number of hydrogen-bond donors (Lipinski definition) is 0. The Labute approximate surface area is 91.7 Å². The lowest BCUT2D eigenvalue weighted by Crippen LogP contribution is -2.56. The Bertz CT molecular complexity index is 246. The molecule has 0 aromatic heterocycles. The van der Waals surface area contributed by atoms with Gasteiger partial charge in [0.15, 0.2) is 0 Å². The van der Waals surface area contributed by atoms with Gasteiger partial charge in [0.2, 0.25) is 5.91 Å². The summed E-state index contributed by atoms with van der Waals surface area (Å²) in [5.74, 6) is 0.330. The molecule has 0 aromatic carbocycles. The molecule has 0 bridgehead atoms. The van der Waals surface area contributed by atoms with Crippen LogP contribution in [-0.4, -0.2) is 41.5 Å². The van der Waals surface area contributed by atoms with E-state index < -0.39 is 0 Å². The number of carbonyl (C=O) groups is 1. The van der Waals surface area contributed by atoms with E-state index in [1.807, 2.05) is 11.0 Å². The molecule has 2 aliphatic rings. The summed E-state index contributed by atoms with van der Waals surface area (Å²) in [7, 11) is 0. The lowest BCUT2D eigenvalue weighted by Gasteiger charge is -2.42. The lowest BCUT2D eigenvalue weighted by atomic mass is 9.98. The van der Waals surface area contributed by atoms with Crippen molar-refractivity contribution < 1.29 is 4.79 Å². The molecule has 0 N–H and O–H groups in total. The average molecular weight is 208 g/mol. The SMILES string of the molecule is C=CCCC1CC(=O)N1CN1CCCC1. The first-order chi connectivity index (χ1) is 7.31. The van der Waals surface area contributed by atoms with E-state index in [0.717, 1.165) is 39.0 Å². The highest BCUT2D eigenvalue weighted by Crippen LogP contribution is 2.24. The standard InChI is InChI=1S/C12H20N2O/c1-2-3-6-11-9-12(15)14(11)10-13-7-4-5-8-13/h2,11H,1,3-10H2. The van der Waals surface area contributed by atoms with Gasteiger partial charge in [0, 0.05) is 12.5 Å². The molecule has 2 heterocycles. The molecule has 3 heteroatoms. The van der Waals surface area contributed by atoms with Gasteiger partial charge in [-0.05, 0) is 38.8 Å². The van der Waals surface area contributed by atoms with Gasteiger partial charge in [-0.1, -0.05) is 6.08 Å². The average Bonchev–Trinajstić information content (AvgIpc) is 2.73. The summed E-state index contributed by atoms with van der Waals surface area (Å²) in [5, 5.41) is 0. The van der Waals surface area contributed by atoms with Crippen LogP contribution in [0.15, 0.2) is 12.7 Å². The fourth-order valence-electron chi connectivity index (χ4n) is 2.42. The van der Waals surface area contributed by atoms with E-state index in [-0.39, 0.29) is 0 Å². The van der Waals surface area contributed by atoms with Crippen LogP contribution in [0.2, 0.25) is 0 Å². The first-order valence-electron chi connectivity index (χ1n) is 5.94. The second-order valence-electron chi connectivity index (χ2n) is 4.55. The second-order valence-corrected chi connectivity index (χ2v) is 4.55. The number of carbonyl (C=O) groups excluding carboxylic acids is 1. The molecule has 2 rings (SSSR count). The molecule has 1 atom stereocenters. The van der Waals surface area contributed by atoms with Crippen molar-refractivity contribution in [3.05, 3.63) is 12.7 Å². The minimum absolute atomic E-state index is 0.330. The van der Waals surface area contributed by atoms with Crippen LogP contribution >= 0.6 is 0 Å². The van der Waals surface area contributed by atoms with Crippen LogP contribution in [0.4, 0.5) is 0 Å². The van der Waals surface area contributed by atoms with Crippen molar-refractivity contribution >= 4 is 5.91 Å². The number of β-lactam (4-membered cyclic amide) rings is 1. The van der Waals surface area contributed by atoms with Gasteiger partial charge in [0.1, 0.15) is 0 Å². The highest BCUT2D eigenvalue weighted by Gasteiger charge is 2.36. The molecule has 0 radical (unpaired) electrons. The normalized spacial score (nSPS) is 26.8. The van der Waals surface area contributed by atoms with E-state index in [9.17, 15) is 4.79 Å². The predicted octanol–water partition coefficient (Wildman–Crippen LogP) is 1.61. The van der Waals surface area contributed by atoms with Gasteiger partial charge in [-0.2, -0.15) is 0 Å². The Hall–Kier alpha value is -0.830. The third-order valence-electron chi connectivity index (χ3n) is 3.43. The van der Waals surface area contributed by atoms with Crippen molar-refractivity contribution in [1.29, 1.82) is 0 Å². The maximum atomic E-state index is 11.5. The van der Waals surface area contributed by atoms with Gasteiger partial charge in [0.05, 0.1) is 6.67 Å². The van der Waals surface area contributed by atoms with Crippen molar-refractivity contribution in [3.8, 4) is 0 Å². The maximum absolute atomic E-state index is 11.5. The molecule has 0 saturated carbocycles. The summed E-state index contributed by atoms with van der Waals surface area (Å²) in [6.07, 6.45) is 7.38. The van der Waals surface area contributed by atoms with Gasteiger partial charge < -0.3 is 4.90 Å². The monoisotopic (exact) mass is 208 g/mol. The molecule has 84 valence electrons. The lowest BCUT2D eigenvalue weighted by molar-refractivity contribution is -0.149. The van der Waals surface area contributed by atoms with Crippen LogP contribution in [0.1, 0.15) is 32.1 Å². The molecule has 15 heavy (non-hydrogen) atoms. The van der Waals surface area contributed by atoms with Crippen LogP contribution in [0.25, 0.3) is 0 Å². The van der Waals surface area contributed by atoms with E-state index in [1.54, 1.807) is 0 Å². The molecule has 0 spiro atoms. The quantitative estimate of drug-likeness (QED) is 0.506. The van der Waals surface area contributed by atoms with E-state index in [4.69, 9.17) is 0 Å². The first kappa shape index (κ1) is 10.7. The molecule has 3 nitrogen and oxygen atoms in total. The Balaban J connectivity index is 1.78. The van der Waals surface area contributed by atoms with E-state index >= 15 is 0 Å². The minimum atomic E-state index is 0.330. The summed E-state index contributed by atoms with van der Waals surface area (Å²) in [6.45, 7) is 6.92. The highest BCUT2D eigenvalue weighted by atomic mass is 16.2.